The number of hydrogen-bond donors (Lipinski definition) is 3. The molecule has 1 saturated carbocycles. The molecule has 0 amide bonds. The monoisotopic (exact) mass is 398 g/mol. The predicted molar refractivity (Wildman–Crippen MR) is 107 cm³/mol. The summed E-state index contributed by atoms with van der Waals surface area (Å²) in [7, 11) is 0. The van der Waals surface area contributed by atoms with Gasteiger partial charge in [0.25, 0.3) is 5.56 Å². The summed E-state index contributed by atoms with van der Waals surface area (Å²) in [5, 5.41) is 8.72. The van der Waals surface area contributed by atoms with Crippen molar-refractivity contribution in [3.63, 3.8) is 0 Å². The number of H-pyrrole nitrogens is 2. The number of halogens is 2. The summed E-state index contributed by atoms with van der Waals surface area (Å²) in [6, 6.07) is 6.36. The van der Waals surface area contributed by atoms with Crippen LogP contribution in [0.15, 0.2) is 35.3 Å². The Kier molecular flexibility index (Phi) is 3.80. The number of hydrogen-bond acceptors (Lipinski definition) is 4. The third kappa shape index (κ3) is 2.54. The smallest absolute Gasteiger partial charge is 0.272 e. The van der Waals surface area contributed by atoms with Crippen LogP contribution in [0, 0.1) is 5.82 Å². The van der Waals surface area contributed by atoms with Gasteiger partial charge >= 0.3 is 0 Å². The molecule has 0 unspecified atom stereocenters. The number of aromatic amines is 2. The Morgan fingerprint density at radius 3 is 2.82 bits per heavy atom. The van der Waals surface area contributed by atoms with Gasteiger partial charge in [0.05, 0.1) is 28.4 Å². The third-order valence-corrected chi connectivity index (χ3v) is 5.60. The number of benzene rings is 2. The summed E-state index contributed by atoms with van der Waals surface area (Å²) in [5.41, 5.74) is 7.89. The van der Waals surface area contributed by atoms with Crippen LogP contribution in [0.1, 0.15) is 19.3 Å². The molecule has 0 radical (unpaired) electrons. The number of nitrogen functional groups attached to an aromatic ring is 1. The van der Waals surface area contributed by atoms with E-state index in [1.807, 2.05) is 0 Å². The molecule has 28 heavy (non-hydrogen) atoms. The van der Waals surface area contributed by atoms with Crippen molar-refractivity contribution in [2.45, 2.75) is 25.4 Å². The molecule has 0 atom stereocenters. The first-order chi connectivity index (χ1) is 13.5. The second kappa shape index (κ2) is 6.24. The third-order valence-electron chi connectivity index (χ3n) is 5.28. The highest BCUT2D eigenvalue weighted by Gasteiger charge is 2.23. The van der Waals surface area contributed by atoms with Gasteiger partial charge in [-0.2, -0.15) is 5.10 Å². The standard InChI is InChI=1S/C20H16ClFN4O2/c21-13-5-4-10(12-8-24-26-19(12)13)17-11-6-16(28-9-2-1-3-9)14(22)7-15(11)25-20(27)18(17)23/h4-9H,1-3,23H2,(H,24,26)(H,25,27). The Balaban J connectivity index is 1.82. The number of anilines is 1. The minimum absolute atomic E-state index is 0.0200. The van der Waals surface area contributed by atoms with Crippen molar-refractivity contribution in [1.29, 1.82) is 0 Å². The normalized spacial score (nSPS) is 14.5. The maximum absolute atomic E-state index is 14.6. The zero-order valence-corrected chi connectivity index (χ0v) is 15.4. The summed E-state index contributed by atoms with van der Waals surface area (Å²) >= 11 is 6.23. The van der Waals surface area contributed by atoms with Crippen LogP contribution in [-0.2, 0) is 0 Å². The average molecular weight is 399 g/mol. The van der Waals surface area contributed by atoms with E-state index < -0.39 is 11.4 Å². The lowest BCUT2D eigenvalue weighted by molar-refractivity contribution is 0.115. The molecule has 2 aromatic carbocycles. The minimum Gasteiger partial charge on any atom is -0.487 e. The first-order valence-electron chi connectivity index (χ1n) is 8.96. The first kappa shape index (κ1) is 17.1. The largest absolute Gasteiger partial charge is 0.487 e. The Morgan fingerprint density at radius 1 is 1.25 bits per heavy atom. The maximum Gasteiger partial charge on any atom is 0.272 e. The molecular weight excluding hydrogens is 383 g/mol. The number of fused-ring (bicyclic) bond motifs is 2. The first-order valence-corrected chi connectivity index (χ1v) is 9.34. The second-order valence-electron chi connectivity index (χ2n) is 7.00. The molecule has 6 nitrogen and oxygen atoms in total. The lowest BCUT2D eigenvalue weighted by Crippen LogP contribution is -2.25. The molecule has 8 heteroatoms. The summed E-state index contributed by atoms with van der Waals surface area (Å²) in [6.07, 6.45) is 4.54. The van der Waals surface area contributed by atoms with E-state index in [-0.39, 0.29) is 17.5 Å². The highest BCUT2D eigenvalue weighted by atomic mass is 35.5. The molecule has 0 spiro atoms. The molecule has 2 heterocycles. The molecule has 1 aliphatic rings. The topological polar surface area (TPSA) is 96.8 Å². The molecule has 5 rings (SSSR count). The van der Waals surface area contributed by atoms with Crippen LogP contribution < -0.4 is 16.0 Å². The maximum atomic E-state index is 14.6. The van der Waals surface area contributed by atoms with Crippen LogP contribution in [0.3, 0.4) is 0 Å². The van der Waals surface area contributed by atoms with Gasteiger partial charge in [0.2, 0.25) is 0 Å². The number of rotatable bonds is 3. The van der Waals surface area contributed by atoms with Crippen molar-refractivity contribution in [1.82, 2.24) is 15.2 Å². The number of nitrogens with zero attached hydrogens (tertiary/aromatic N) is 1. The number of aromatic nitrogens is 3. The summed E-state index contributed by atoms with van der Waals surface area (Å²) < 4.78 is 20.3. The molecule has 1 aliphatic carbocycles. The molecule has 4 aromatic rings. The second-order valence-corrected chi connectivity index (χ2v) is 7.40. The van der Waals surface area contributed by atoms with Gasteiger partial charge in [-0.1, -0.05) is 17.7 Å². The van der Waals surface area contributed by atoms with Gasteiger partial charge in [-0.15, -0.1) is 0 Å². The summed E-state index contributed by atoms with van der Waals surface area (Å²) in [5.74, 6) is -0.363. The van der Waals surface area contributed by atoms with Crippen LogP contribution in [0.4, 0.5) is 10.1 Å². The van der Waals surface area contributed by atoms with Crippen LogP contribution in [0.5, 0.6) is 5.75 Å². The van der Waals surface area contributed by atoms with Gasteiger partial charge in [0.1, 0.15) is 5.69 Å². The van der Waals surface area contributed by atoms with Gasteiger partial charge in [0, 0.05) is 22.4 Å². The lowest BCUT2D eigenvalue weighted by Gasteiger charge is -2.26. The quantitative estimate of drug-likeness (QED) is 0.477. The fraction of sp³-hybridized carbons (Fsp3) is 0.200. The molecule has 0 aliphatic heterocycles. The van der Waals surface area contributed by atoms with Crippen LogP contribution in [0.25, 0.3) is 32.9 Å². The van der Waals surface area contributed by atoms with Gasteiger partial charge in [-0.05, 0) is 37.0 Å². The Labute approximate surface area is 163 Å². The van der Waals surface area contributed by atoms with Crippen LogP contribution in [-0.4, -0.2) is 21.3 Å². The fourth-order valence-electron chi connectivity index (χ4n) is 3.58. The van der Waals surface area contributed by atoms with E-state index in [2.05, 4.69) is 15.2 Å². The van der Waals surface area contributed by atoms with E-state index in [1.165, 1.54) is 6.07 Å². The SMILES string of the molecule is Nc1c(-c2ccc(Cl)c3[nH]ncc23)c2cc(OC3CCC3)c(F)cc2[nH]c1=O. The van der Waals surface area contributed by atoms with Crippen molar-refractivity contribution in [2.24, 2.45) is 0 Å². The Bertz CT molecular complexity index is 1290. The average Bonchev–Trinajstić information content (AvgIpc) is 3.12. The van der Waals surface area contributed by atoms with Crippen molar-refractivity contribution < 1.29 is 9.13 Å². The highest BCUT2D eigenvalue weighted by molar-refractivity contribution is 6.35. The number of pyridine rings is 1. The minimum atomic E-state index is -0.518. The Hall–Kier alpha value is -3.06. The van der Waals surface area contributed by atoms with Gasteiger partial charge in [-0.3, -0.25) is 9.89 Å². The van der Waals surface area contributed by atoms with Crippen LogP contribution >= 0.6 is 11.6 Å². The van der Waals surface area contributed by atoms with Crippen molar-refractivity contribution in [3.8, 4) is 16.9 Å². The molecule has 142 valence electrons. The van der Waals surface area contributed by atoms with Gasteiger partial charge in [0.15, 0.2) is 11.6 Å². The molecule has 2 aromatic heterocycles. The van der Waals surface area contributed by atoms with Gasteiger partial charge in [-0.25, -0.2) is 4.39 Å². The molecule has 1 fully saturated rings. The van der Waals surface area contributed by atoms with Crippen molar-refractivity contribution >= 4 is 39.1 Å². The van der Waals surface area contributed by atoms with Crippen LogP contribution in [0.2, 0.25) is 5.02 Å². The van der Waals surface area contributed by atoms with E-state index in [0.29, 0.717) is 32.6 Å². The zero-order valence-electron chi connectivity index (χ0n) is 14.7. The van der Waals surface area contributed by atoms with Crippen molar-refractivity contribution in [2.75, 3.05) is 5.73 Å². The van der Waals surface area contributed by atoms with E-state index in [0.717, 1.165) is 24.6 Å². The zero-order chi connectivity index (χ0) is 19.4. The fourth-order valence-corrected chi connectivity index (χ4v) is 3.79. The highest BCUT2D eigenvalue weighted by Crippen LogP contribution is 2.39. The summed E-state index contributed by atoms with van der Waals surface area (Å²) in [4.78, 5) is 15.1. The molecular formula is C20H16ClFN4O2. The predicted octanol–water partition coefficient (Wildman–Crippen LogP) is 4.38. The van der Waals surface area contributed by atoms with E-state index in [9.17, 15) is 9.18 Å². The molecule has 0 saturated heterocycles. The molecule has 4 N–H and O–H groups in total. The van der Waals surface area contributed by atoms with E-state index >= 15 is 0 Å². The van der Waals surface area contributed by atoms with E-state index in [4.69, 9.17) is 22.1 Å². The summed E-state index contributed by atoms with van der Waals surface area (Å²) in [6.45, 7) is 0. The molecule has 0 bridgehead atoms. The van der Waals surface area contributed by atoms with Gasteiger partial charge < -0.3 is 15.5 Å². The number of ether oxygens (including phenoxy) is 1. The number of nitrogens with one attached hydrogen (secondary N) is 2. The number of nitrogens with two attached hydrogens (primary N) is 1. The lowest BCUT2D eigenvalue weighted by atomic mass is 9.95. The Morgan fingerprint density at radius 2 is 2.07 bits per heavy atom. The van der Waals surface area contributed by atoms with Crippen molar-refractivity contribution in [3.05, 3.63) is 51.7 Å². The van der Waals surface area contributed by atoms with E-state index in [1.54, 1.807) is 24.4 Å².